The number of thioether (sulfide) groups is 1. The highest BCUT2D eigenvalue weighted by Crippen LogP contribution is 2.26. The molecule has 24 heavy (non-hydrogen) atoms. The van der Waals surface area contributed by atoms with Gasteiger partial charge in [0.2, 0.25) is 0 Å². The summed E-state index contributed by atoms with van der Waals surface area (Å²) in [5.74, 6) is 1.61. The van der Waals surface area contributed by atoms with Crippen molar-refractivity contribution in [1.82, 2.24) is 14.8 Å². The maximum absolute atomic E-state index is 8.89. The van der Waals surface area contributed by atoms with Crippen molar-refractivity contribution in [1.29, 1.82) is 5.26 Å². The third-order valence-electron chi connectivity index (χ3n) is 3.67. The molecule has 3 rings (SSSR count). The van der Waals surface area contributed by atoms with Crippen molar-refractivity contribution >= 4 is 23.4 Å². The van der Waals surface area contributed by atoms with Crippen LogP contribution in [0.15, 0.2) is 53.7 Å². The van der Waals surface area contributed by atoms with Crippen LogP contribution in [0.1, 0.15) is 22.5 Å². The Morgan fingerprint density at radius 2 is 1.96 bits per heavy atom. The first kappa shape index (κ1) is 16.6. The van der Waals surface area contributed by atoms with E-state index in [2.05, 4.69) is 28.4 Å². The van der Waals surface area contributed by atoms with E-state index in [1.54, 1.807) is 23.9 Å². The smallest absolute Gasteiger partial charge is 0.191 e. The highest BCUT2D eigenvalue weighted by atomic mass is 35.5. The summed E-state index contributed by atoms with van der Waals surface area (Å²) in [6.45, 7) is 0. The number of hydrogen-bond acceptors (Lipinski definition) is 4. The summed E-state index contributed by atoms with van der Waals surface area (Å²) >= 11 is 7.80. The summed E-state index contributed by atoms with van der Waals surface area (Å²) in [6.07, 6.45) is 0.753. The van der Waals surface area contributed by atoms with Crippen molar-refractivity contribution < 1.29 is 0 Å². The first-order valence-electron chi connectivity index (χ1n) is 7.41. The molecule has 2 aromatic carbocycles. The Morgan fingerprint density at radius 3 is 2.67 bits per heavy atom. The number of nitriles is 1. The van der Waals surface area contributed by atoms with Crippen LogP contribution >= 0.6 is 23.4 Å². The highest BCUT2D eigenvalue weighted by Gasteiger charge is 2.11. The Bertz CT molecular complexity index is 884. The molecule has 0 amide bonds. The predicted molar refractivity (Wildman–Crippen MR) is 96.0 cm³/mol. The normalized spacial score (nSPS) is 10.5. The second kappa shape index (κ2) is 7.52. The van der Waals surface area contributed by atoms with Gasteiger partial charge in [0, 0.05) is 24.2 Å². The summed E-state index contributed by atoms with van der Waals surface area (Å²) in [7, 11) is 1.97. The van der Waals surface area contributed by atoms with E-state index in [1.807, 2.05) is 35.9 Å². The van der Waals surface area contributed by atoms with Gasteiger partial charge in [0.1, 0.15) is 5.82 Å². The lowest BCUT2D eigenvalue weighted by Crippen LogP contribution is -2.00. The molecule has 0 saturated heterocycles. The average Bonchev–Trinajstić information content (AvgIpc) is 2.95. The van der Waals surface area contributed by atoms with Gasteiger partial charge >= 0.3 is 0 Å². The van der Waals surface area contributed by atoms with E-state index >= 15 is 0 Å². The molecule has 0 atom stereocenters. The molecule has 0 N–H and O–H groups in total. The van der Waals surface area contributed by atoms with Gasteiger partial charge in [-0.3, -0.25) is 0 Å². The molecule has 0 bridgehead atoms. The van der Waals surface area contributed by atoms with Gasteiger partial charge in [-0.25, -0.2) is 0 Å². The Labute approximate surface area is 150 Å². The second-order valence-corrected chi connectivity index (χ2v) is 6.68. The maximum Gasteiger partial charge on any atom is 0.191 e. The highest BCUT2D eigenvalue weighted by molar-refractivity contribution is 7.98. The standard InChI is InChI=1S/C18H15ClN4S/c1-23-17(10-13-5-3-2-4-6-13)21-22-18(23)24-12-15-8-7-14(11-20)9-16(15)19/h2-9H,10,12H2,1H3. The van der Waals surface area contributed by atoms with Crippen LogP contribution in [0, 0.1) is 11.3 Å². The van der Waals surface area contributed by atoms with Crippen molar-refractivity contribution in [2.75, 3.05) is 0 Å². The fourth-order valence-corrected chi connectivity index (χ4v) is 3.54. The van der Waals surface area contributed by atoms with Crippen molar-refractivity contribution in [2.24, 2.45) is 7.05 Å². The van der Waals surface area contributed by atoms with Gasteiger partial charge in [-0.15, -0.1) is 10.2 Å². The molecule has 1 heterocycles. The van der Waals surface area contributed by atoms with Crippen LogP contribution in [0.2, 0.25) is 5.02 Å². The quantitative estimate of drug-likeness (QED) is 0.643. The molecule has 0 spiro atoms. The minimum atomic E-state index is 0.567. The van der Waals surface area contributed by atoms with E-state index in [9.17, 15) is 0 Å². The molecule has 0 saturated carbocycles. The van der Waals surface area contributed by atoms with Gasteiger partial charge in [0.15, 0.2) is 5.16 Å². The van der Waals surface area contributed by atoms with Crippen LogP contribution in [0.3, 0.4) is 0 Å². The maximum atomic E-state index is 8.89. The summed E-state index contributed by atoms with van der Waals surface area (Å²) < 4.78 is 2.01. The molecule has 0 fully saturated rings. The number of aromatic nitrogens is 3. The minimum absolute atomic E-state index is 0.567. The second-order valence-electron chi connectivity index (χ2n) is 5.33. The molecule has 0 aliphatic rings. The van der Waals surface area contributed by atoms with E-state index in [0.29, 0.717) is 16.3 Å². The van der Waals surface area contributed by atoms with E-state index in [-0.39, 0.29) is 0 Å². The van der Waals surface area contributed by atoms with Gasteiger partial charge in [-0.05, 0) is 23.3 Å². The summed E-state index contributed by atoms with van der Waals surface area (Å²) in [6, 6.07) is 17.6. The van der Waals surface area contributed by atoms with Crippen molar-refractivity contribution in [3.05, 3.63) is 76.1 Å². The van der Waals surface area contributed by atoms with E-state index in [1.165, 1.54) is 5.56 Å². The van der Waals surface area contributed by atoms with Crippen molar-refractivity contribution in [3.8, 4) is 6.07 Å². The first-order chi connectivity index (χ1) is 11.7. The van der Waals surface area contributed by atoms with Crippen LogP contribution in [0.4, 0.5) is 0 Å². The van der Waals surface area contributed by atoms with Gasteiger partial charge < -0.3 is 4.57 Å². The van der Waals surface area contributed by atoms with Crippen LogP contribution in [-0.2, 0) is 19.2 Å². The predicted octanol–water partition coefficient (Wildman–Crippen LogP) is 4.22. The van der Waals surface area contributed by atoms with E-state index < -0.39 is 0 Å². The number of nitrogens with zero attached hydrogens (tertiary/aromatic N) is 4. The molecule has 3 aromatic rings. The number of halogens is 1. The molecule has 0 radical (unpaired) electrons. The van der Waals surface area contributed by atoms with Gasteiger partial charge in [-0.1, -0.05) is 59.8 Å². The van der Waals surface area contributed by atoms with E-state index in [4.69, 9.17) is 16.9 Å². The zero-order valence-electron chi connectivity index (χ0n) is 13.1. The molecule has 0 aliphatic carbocycles. The molecule has 120 valence electrons. The number of benzene rings is 2. The Hall–Kier alpha value is -2.29. The monoisotopic (exact) mass is 354 g/mol. The largest absolute Gasteiger partial charge is 0.309 e. The van der Waals surface area contributed by atoms with Crippen LogP contribution in [0.25, 0.3) is 0 Å². The molecule has 4 nitrogen and oxygen atoms in total. The summed E-state index contributed by atoms with van der Waals surface area (Å²) in [4.78, 5) is 0. The molecule has 6 heteroatoms. The zero-order valence-corrected chi connectivity index (χ0v) is 14.7. The third kappa shape index (κ3) is 3.78. The minimum Gasteiger partial charge on any atom is -0.309 e. The zero-order chi connectivity index (χ0) is 16.9. The topological polar surface area (TPSA) is 54.5 Å². The third-order valence-corrected chi connectivity index (χ3v) is 5.09. The summed E-state index contributed by atoms with van der Waals surface area (Å²) in [5, 5.41) is 18.9. The number of rotatable bonds is 5. The lowest BCUT2D eigenvalue weighted by atomic mass is 10.1. The first-order valence-corrected chi connectivity index (χ1v) is 8.77. The summed E-state index contributed by atoms with van der Waals surface area (Å²) in [5.41, 5.74) is 2.76. The van der Waals surface area contributed by atoms with Gasteiger partial charge in [-0.2, -0.15) is 5.26 Å². The average molecular weight is 355 g/mol. The SMILES string of the molecule is Cn1c(Cc2ccccc2)nnc1SCc1ccc(C#N)cc1Cl. The molecule has 1 aromatic heterocycles. The molecule has 0 aliphatic heterocycles. The fourth-order valence-electron chi connectivity index (χ4n) is 2.28. The van der Waals surface area contributed by atoms with Gasteiger partial charge in [0.25, 0.3) is 0 Å². The fraction of sp³-hybridized carbons (Fsp3) is 0.167. The molecular weight excluding hydrogens is 340 g/mol. The molecule has 0 unspecified atom stereocenters. The lowest BCUT2D eigenvalue weighted by Gasteiger charge is -2.06. The Morgan fingerprint density at radius 1 is 1.17 bits per heavy atom. The van der Waals surface area contributed by atoms with Crippen molar-refractivity contribution in [3.63, 3.8) is 0 Å². The Balaban J connectivity index is 1.69. The van der Waals surface area contributed by atoms with Crippen molar-refractivity contribution in [2.45, 2.75) is 17.3 Å². The van der Waals surface area contributed by atoms with Crippen LogP contribution in [-0.4, -0.2) is 14.8 Å². The van der Waals surface area contributed by atoms with Gasteiger partial charge in [0.05, 0.1) is 11.6 Å². The van der Waals surface area contributed by atoms with Crippen LogP contribution < -0.4 is 0 Å². The molecular formula is C18H15ClN4S. The number of hydrogen-bond donors (Lipinski definition) is 0. The van der Waals surface area contributed by atoms with E-state index in [0.717, 1.165) is 23.0 Å². The Kier molecular flexibility index (Phi) is 5.19. The van der Waals surface area contributed by atoms with Crippen LogP contribution in [0.5, 0.6) is 0 Å². The lowest BCUT2D eigenvalue weighted by molar-refractivity contribution is 0.749.